The number of carboxylic acid groups (broad SMARTS) is 1. The molecule has 4 N–H and O–H groups in total. The zero-order chi connectivity index (χ0) is 15.0. The zero-order valence-corrected chi connectivity index (χ0v) is 11.6. The number of nitrogens with one attached hydrogen (secondary N) is 1. The zero-order valence-electron chi connectivity index (χ0n) is 10.7. The lowest BCUT2D eigenvalue weighted by atomic mass is 10.2. The molecule has 1 atom stereocenters. The van der Waals surface area contributed by atoms with Gasteiger partial charge in [-0.3, -0.25) is 9.59 Å². The van der Waals surface area contributed by atoms with Crippen LogP contribution in [0.3, 0.4) is 0 Å². The molecular formula is C13H16N2O4S. The number of benzene rings is 1. The molecule has 6 nitrogen and oxygen atoms in total. The van der Waals surface area contributed by atoms with Crippen molar-refractivity contribution in [2.24, 2.45) is 5.73 Å². The summed E-state index contributed by atoms with van der Waals surface area (Å²) in [4.78, 5) is 33.1. The van der Waals surface area contributed by atoms with E-state index in [0.717, 1.165) is 5.56 Å². The Morgan fingerprint density at radius 3 is 2.45 bits per heavy atom. The highest BCUT2D eigenvalue weighted by molar-refractivity contribution is 7.99. The summed E-state index contributed by atoms with van der Waals surface area (Å²) in [6.07, 6.45) is -0.412. The maximum Gasteiger partial charge on any atom is 0.326 e. The minimum absolute atomic E-state index is 0.122. The van der Waals surface area contributed by atoms with Gasteiger partial charge in [-0.25, -0.2) is 4.79 Å². The second-order valence-corrected chi connectivity index (χ2v) is 5.09. The molecule has 0 aliphatic heterocycles. The Hall–Kier alpha value is -2.02. The molecule has 0 heterocycles. The first kappa shape index (κ1) is 16.0. The van der Waals surface area contributed by atoms with Crippen molar-refractivity contribution in [1.82, 2.24) is 5.32 Å². The molecule has 0 radical (unpaired) electrons. The second-order valence-electron chi connectivity index (χ2n) is 4.11. The molecule has 7 heteroatoms. The van der Waals surface area contributed by atoms with Gasteiger partial charge in [0.15, 0.2) is 0 Å². The number of hydrogen-bond acceptors (Lipinski definition) is 4. The topological polar surface area (TPSA) is 109 Å². The third kappa shape index (κ3) is 6.24. The predicted octanol–water partition coefficient (Wildman–Crippen LogP) is 0.365. The third-order valence-corrected chi connectivity index (χ3v) is 3.39. The van der Waals surface area contributed by atoms with Crippen molar-refractivity contribution in [3.8, 4) is 0 Å². The van der Waals surface area contributed by atoms with Crippen LogP contribution in [0.4, 0.5) is 0 Å². The van der Waals surface area contributed by atoms with Crippen molar-refractivity contribution in [3.63, 3.8) is 0 Å². The fourth-order valence-corrected chi connectivity index (χ4v) is 2.27. The smallest absolute Gasteiger partial charge is 0.326 e. The van der Waals surface area contributed by atoms with Crippen molar-refractivity contribution in [3.05, 3.63) is 35.9 Å². The van der Waals surface area contributed by atoms with Gasteiger partial charge >= 0.3 is 5.97 Å². The Morgan fingerprint density at radius 1 is 1.25 bits per heavy atom. The number of rotatable bonds is 8. The van der Waals surface area contributed by atoms with Gasteiger partial charge in [0, 0.05) is 5.75 Å². The number of carboxylic acids is 1. The summed E-state index contributed by atoms with van der Waals surface area (Å²) in [5, 5.41) is 11.1. The highest BCUT2D eigenvalue weighted by atomic mass is 32.2. The maximum atomic E-state index is 11.6. The minimum Gasteiger partial charge on any atom is -0.480 e. The quantitative estimate of drug-likeness (QED) is 0.642. The van der Waals surface area contributed by atoms with E-state index in [1.165, 1.54) is 11.8 Å². The van der Waals surface area contributed by atoms with Crippen LogP contribution in [0.5, 0.6) is 0 Å². The summed E-state index contributed by atoms with van der Waals surface area (Å²) < 4.78 is 0. The molecule has 2 amide bonds. The largest absolute Gasteiger partial charge is 0.480 e. The van der Waals surface area contributed by atoms with Crippen LogP contribution in [0.2, 0.25) is 0 Å². The van der Waals surface area contributed by atoms with Gasteiger partial charge in [-0.05, 0) is 5.56 Å². The molecule has 0 saturated heterocycles. The van der Waals surface area contributed by atoms with Crippen molar-refractivity contribution >= 4 is 29.5 Å². The molecular weight excluding hydrogens is 280 g/mol. The van der Waals surface area contributed by atoms with Crippen LogP contribution in [0, 0.1) is 0 Å². The van der Waals surface area contributed by atoms with E-state index in [2.05, 4.69) is 5.32 Å². The summed E-state index contributed by atoms with van der Waals surface area (Å²) in [6, 6.07) is 8.34. The van der Waals surface area contributed by atoms with Gasteiger partial charge in [0.25, 0.3) is 0 Å². The lowest BCUT2D eigenvalue weighted by Crippen LogP contribution is -2.44. The number of amides is 2. The molecule has 1 aromatic carbocycles. The number of carbonyl (C=O) groups excluding carboxylic acids is 2. The number of thioether (sulfide) groups is 1. The van der Waals surface area contributed by atoms with Crippen molar-refractivity contribution < 1.29 is 19.5 Å². The molecule has 0 saturated carbocycles. The van der Waals surface area contributed by atoms with E-state index < -0.39 is 30.2 Å². The first-order valence-electron chi connectivity index (χ1n) is 5.91. The van der Waals surface area contributed by atoms with E-state index in [-0.39, 0.29) is 5.75 Å². The fraction of sp³-hybridized carbons (Fsp3) is 0.308. The molecule has 0 unspecified atom stereocenters. The van der Waals surface area contributed by atoms with Crippen LogP contribution < -0.4 is 11.1 Å². The first-order chi connectivity index (χ1) is 9.49. The van der Waals surface area contributed by atoms with E-state index >= 15 is 0 Å². The van der Waals surface area contributed by atoms with Gasteiger partial charge in [-0.15, -0.1) is 11.8 Å². The summed E-state index contributed by atoms with van der Waals surface area (Å²) in [5.74, 6) is -1.70. The molecule has 0 aliphatic rings. The van der Waals surface area contributed by atoms with Crippen LogP contribution >= 0.6 is 11.8 Å². The van der Waals surface area contributed by atoms with Gasteiger partial charge in [-0.1, -0.05) is 30.3 Å². The van der Waals surface area contributed by atoms with E-state index in [9.17, 15) is 14.4 Å². The van der Waals surface area contributed by atoms with E-state index in [1.54, 1.807) is 0 Å². The highest BCUT2D eigenvalue weighted by Gasteiger charge is 2.21. The molecule has 0 aliphatic carbocycles. The maximum absolute atomic E-state index is 11.6. The van der Waals surface area contributed by atoms with E-state index in [1.807, 2.05) is 30.3 Å². The van der Waals surface area contributed by atoms with Crippen LogP contribution in [-0.4, -0.2) is 34.7 Å². The monoisotopic (exact) mass is 296 g/mol. The Balaban J connectivity index is 2.35. The average Bonchev–Trinajstić information content (AvgIpc) is 2.38. The number of aliphatic carboxylic acids is 1. The fourth-order valence-electron chi connectivity index (χ4n) is 1.47. The number of hydrogen-bond donors (Lipinski definition) is 3. The minimum atomic E-state index is -1.27. The standard InChI is InChI=1S/C13H16N2O4S/c14-11(16)6-10(13(18)19)15-12(17)8-20-7-9-4-2-1-3-5-9/h1-5,10H,6-8H2,(H2,14,16)(H,15,17)(H,18,19)/t10-/m1/s1. The number of carbonyl (C=O) groups is 3. The molecule has 0 bridgehead atoms. The third-order valence-electron chi connectivity index (χ3n) is 2.38. The first-order valence-corrected chi connectivity index (χ1v) is 7.06. The predicted molar refractivity (Wildman–Crippen MR) is 76.0 cm³/mol. The van der Waals surface area contributed by atoms with Gasteiger partial charge in [0.2, 0.25) is 11.8 Å². The molecule has 0 fully saturated rings. The van der Waals surface area contributed by atoms with E-state index in [4.69, 9.17) is 10.8 Å². The summed E-state index contributed by atoms with van der Waals surface area (Å²) in [6.45, 7) is 0. The van der Waals surface area contributed by atoms with Gasteiger partial charge in [-0.2, -0.15) is 0 Å². The summed E-state index contributed by atoms with van der Waals surface area (Å²) >= 11 is 1.37. The van der Waals surface area contributed by atoms with Crippen LogP contribution in [0.25, 0.3) is 0 Å². The van der Waals surface area contributed by atoms with Gasteiger partial charge in [0.05, 0.1) is 12.2 Å². The Labute approximate surface area is 120 Å². The Morgan fingerprint density at radius 2 is 1.90 bits per heavy atom. The van der Waals surface area contributed by atoms with Crippen molar-refractivity contribution in [2.45, 2.75) is 18.2 Å². The molecule has 1 aromatic rings. The van der Waals surface area contributed by atoms with Crippen LogP contribution in [0.15, 0.2) is 30.3 Å². The molecule has 0 aromatic heterocycles. The van der Waals surface area contributed by atoms with Gasteiger partial charge in [0.1, 0.15) is 6.04 Å². The SMILES string of the molecule is NC(=O)C[C@@H](NC(=O)CSCc1ccccc1)C(=O)O. The number of nitrogens with two attached hydrogens (primary N) is 1. The normalized spacial score (nSPS) is 11.6. The van der Waals surface area contributed by atoms with Crippen molar-refractivity contribution in [1.29, 1.82) is 0 Å². The van der Waals surface area contributed by atoms with Crippen molar-refractivity contribution in [2.75, 3.05) is 5.75 Å². The highest BCUT2D eigenvalue weighted by Crippen LogP contribution is 2.11. The average molecular weight is 296 g/mol. The Bertz CT molecular complexity index is 479. The summed E-state index contributed by atoms with van der Waals surface area (Å²) in [7, 11) is 0. The lowest BCUT2D eigenvalue weighted by Gasteiger charge is -2.12. The Kier molecular flexibility index (Phi) is 6.58. The number of primary amides is 1. The van der Waals surface area contributed by atoms with E-state index in [0.29, 0.717) is 5.75 Å². The van der Waals surface area contributed by atoms with Gasteiger partial charge < -0.3 is 16.2 Å². The molecule has 1 rings (SSSR count). The van der Waals surface area contributed by atoms with Crippen LogP contribution in [0.1, 0.15) is 12.0 Å². The second kappa shape index (κ2) is 8.21. The summed E-state index contributed by atoms with van der Waals surface area (Å²) in [5.41, 5.74) is 6.00. The molecule has 20 heavy (non-hydrogen) atoms. The molecule has 108 valence electrons. The molecule has 0 spiro atoms. The lowest BCUT2D eigenvalue weighted by molar-refractivity contribution is -0.143. The van der Waals surface area contributed by atoms with Crippen LogP contribution in [-0.2, 0) is 20.1 Å².